The Labute approximate surface area is 184 Å². The number of carbonyl (C=O) groups is 2. The van der Waals surface area contributed by atoms with Gasteiger partial charge in [-0.25, -0.2) is 4.79 Å². The van der Waals surface area contributed by atoms with Gasteiger partial charge < -0.3 is 10.1 Å². The van der Waals surface area contributed by atoms with Crippen LogP contribution in [0.25, 0.3) is 6.08 Å². The predicted molar refractivity (Wildman–Crippen MR) is 121 cm³/mol. The first-order valence-corrected chi connectivity index (χ1v) is 11.1. The van der Waals surface area contributed by atoms with Crippen molar-refractivity contribution in [2.24, 2.45) is 11.8 Å². The lowest BCUT2D eigenvalue weighted by Gasteiger charge is -2.46. The van der Waals surface area contributed by atoms with E-state index in [0.29, 0.717) is 17.4 Å². The molecular weight excluding hydrogens is 388 g/mol. The lowest BCUT2D eigenvalue weighted by atomic mass is 9.75. The van der Waals surface area contributed by atoms with Gasteiger partial charge in [-0.3, -0.25) is 9.69 Å². The minimum Gasteiger partial charge on any atom is -0.459 e. The summed E-state index contributed by atoms with van der Waals surface area (Å²) in [5.74, 6) is 0.398. The number of hydrogen-bond acceptors (Lipinski definition) is 4. The van der Waals surface area contributed by atoms with Crippen LogP contribution in [0.2, 0.25) is 0 Å². The van der Waals surface area contributed by atoms with Crippen molar-refractivity contribution in [2.75, 3.05) is 20.1 Å². The zero-order valence-corrected chi connectivity index (χ0v) is 18.0. The quantitative estimate of drug-likeness (QED) is 0.571. The lowest BCUT2D eigenvalue weighted by Crippen LogP contribution is -2.52. The summed E-state index contributed by atoms with van der Waals surface area (Å²) < 4.78 is 5.94. The molecule has 162 valence electrons. The number of carbonyl (C=O) groups excluding carboxylic acids is 2. The molecule has 2 aromatic carbocycles. The molecule has 0 spiro atoms. The van der Waals surface area contributed by atoms with Crippen LogP contribution in [0.4, 0.5) is 0 Å². The predicted octanol–water partition coefficient (Wildman–Crippen LogP) is 3.90. The number of ether oxygens (including phenoxy) is 1. The van der Waals surface area contributed by atoms with Crippen LogP contribution < -0.4 is 5.32 Å². The molecule has 2 fully saturated rings. The van der Waals surface area contributed by atoms with E-state index < -0.39 is 0 Å². The Morgan fingerprint density at radius 2 is 1.71 bits per heavy atom. The Balaban J connectivity index is 1.34. The summed E-state index contributed by atoms with van der Waals surface area (Å²) in [6, 6.07) is 17.7. The first-order chi connectivity index (χ1) is 15.1. The van der Waals surface area contributed by atoms with E-state index in [9.17, 15) is 9.59 Å². The number of esters is 1. The van der Waals surface area contributed by atoms with Crippen molar-refractivity contribution in [2.45, 2.75) is 31.9 Å². The molecule has 1 amide bonds. The molecule has 2 atom stereocenters. The molecule has 5 heteroatoms. The highest BCUT2D eigenvalue weighted by molar-refractivity contribution is 5.94. The molecule has 1 saturated heterocycles. The second kappa shape index (κ2) is 9.92. The number of hydrogen-bond donors (Lipinski definition) is 1. The van der Waals surface area contributed by atoms with Gasteiger partial charge in [0.15, 0.2) is 0 Å². The zero-order chi connectivity index (χ0) is 21.6. The van der Waals surface area contributed by atoms with Crippen molar-refractivity contribution in [3.63, 3.8) is 0 Å². The third kappa shape index (κ3) is 5.42. The van der Waals surface area contributed by atoms with Gasteiger partial charge in [0.25, 0.3) is 5.91 Å². The SMILES string of the molecule is CNC(=O)c1ccc(/C=C/C(=O)OC2C3CCCC2CN(Cc2ccccc2)C3)cc1. The van der Waals surface area contributed by atoms with Crippen molar-refractivity contribution in [1.82, 2.24) is 10.2 Å². The zero-order valence-electron chi connectivity index (χ0n) is 18.0. The number of nitrogens with one attached hydrogen (secondary N) is 1. The molecule has 0 radical (unpaired) electrons. The summed E-state index contributed by atoms with van der Waals surface area (Å²) in [5, 5.41) is 2.60. The van der Waals surface area contributed by atoms with Crippen LogP contribution in [-0.4, -0.2) is 43.0 Å². The Bertz CT molecular complexity index is 909. The minimum atomic E-state index is -0.284. The molecule has 1 aliphatic carbocycles. The van der Waals surface area contributed by atoms with Gasteiger partial charge in [0.1, 0.15) is 6.10 Å². The summed E-state index contributed by atoms with van der Waals surface area (Å²) in [4.78, 5) is 26.7. The molecule has 31 heavy (non-hydrogen) atoms. The van der Waals surface area contributed by atoms with E-state index >= 15 is 0 Å². The number of nitrogens with zero attached hydrogens (tertiary/aromatic N) is 1. The van der Waals surface area contributed by atoms with E-state index in [-0.39, 0.29) is 18.0 Å². The normalized spacial score (nSPS) is 23.5. The fourth-order valence-corrected chi connectivity index (χ4v) is 4.87. The average molecular weight is 419 g/mol. The number of benzene rings is 2. The fraction of sp³-hybridized carbons (Fsp3) is 0.385. The largest absolute Gasteiger partial charge is 0.459 e. The molecule has 1 saturated carbocycles. The number of likely N-dealkylation sites (tertiary alicyclic amines) is 1. The monoisotopic (exact) mass is 418 g/mol. The maximum Gasteiger partial charge on any atom is 0.331 e. The van der Waals surface area contributed by atoms with E-state index in [1.165, 1.54) is 18.1 Å². The number of rotatable bonds is 6. The molecule has 1 aliphatic heterocycles. The number of amides is 1. The van der Waals surface area contributed by atoms with Gasteiger partial charge in [-0.2, -0.15) is 0 Å². The average Bonchev–Trinajstić information content (AvgIpc) is 2.78. The molecule has 1 N–H and O–H groups in total. The molecule has 2 aliphatic rings. The van der Waals surface area contributed by atoms with Crippen molar-refractivity contribution in [3.05, 3.63) is 77.4 Å². The third-order valence-electron chi connectivity index (χ3n) is 6.38. The highest BCUT2D eigenvalue weighted by Gasteiger charge is 2.41. The molecule has 5 nitrogen and oxygen atoms in total. The van der Waals surface area contributed by atoms with E-state index in [0.717, 1.165) is 38.0 Å². The van der Waals surface area contributed by atoms with Crippen LogP contribution in [0, 0.1) is 11.8 Å². The lowest BCUT2D eigenvalue weighted by molar-refractivity contribution is -0.157. The second-order valence-electron chi connectivity index (χ2n) is 8.57. The highest BCUT2D eigenvalue weighted by Crippen LogP contribution is 2.37. The van der Waals surface area contributed by atoms with Gasteiger partial charge >= 0.3 is 5.97 Å². The van der Waals surface area contributed by atoms with E-state index in [1.54, 1.807) is 25.3 Å². The van der Waals surface area contributed by atoms with Crippen LogP contribution in [-0.2, 0) is 16.1 Å². The van der Waals surface area contributed by atoms with Gasteiger partial charge in [0, 0.05) is 50.2 Å². The Morgan fingerprint density at radius 3 is 2.35 bits per heavy atom. The summed E-state index contributed by atoms with van der Waals surface area (Å²) in [6.07, 6.45) is 6.70. The maximum absolute atomic E-state index is 12.5. The van der Waals surface area contributed by atoms with Crippen molar-refractivity contribution < 1.29 is 14.3 Å². The van der Waals surface area contributed by atoms with Crippen LogP contribution in [0.15, 0.2) is 60.7 Å². The topological polar surface area (TPSA) is 58.6 Å². The smallest absolute Gasteiger partial charge is 0.331 e. The molecule has 0 aromatic heterocycles. The summed E-state index contributed by atoms with van der Waals surface area (Å²) >= 11 is 0. The summed E-state index contributed by atoms with van der Waals surface area (Å²) in [5.41, 5.74) is 2.79. The Morgan fingerprint density at radius 1 is 1.03 bits per heavy atom. The number of fused-ring (bicyclic) bond motifs is 2. The van der Waals surface area contributed by atoms with Crippen molar-refractivity contribution >= 4 is 18.0 Å². The van der Waals surface area contributed by atoms with Crippen LogP contribution in [0.5, 0.6) is 0 Å². The Hall–Kier alpha value is -2.92. The first-order valence-electron chi connectivity index (χ1n) is 11.1. The highest BCUT2D eigenvalue weighted by atomic mass is 16.5. The molecule has 2 unspecified atom stereocenters. The molecule has 2 aromatic rings. The minimum absolute atomic E-state index is 0.00792. The second-order valence-corrected chi connectivity index (χ2v) is 8.57. The molecule has 2 bridgehead atoms. The summed E-state index contributed by atoms with van der Waals surface area (Å²) in [7, 11) is 1.60. The first kappa shape index (κ1) is 21.3. The standard InChI is InChI=1S/C26H30N2O3/c1-27-26(30)21-13-10-19(11-14-21)12-15-24(29)31-25-22-8-5-9-23(25)18-28(17-22)16-20-6-3-2-4-7-20/h2-4,6-7,10-15,22-23,25H,5,8-9,16-18H2,1H3,(H,27,30)/b15-12+. The van der Waals surface area contributed by atoms with Gasteiger partial charge in [0.05, 0.1) is 0 Å². The van der Waals surface area contributed by atoms with E-state index in [4.69, 9.17) is 4.74 Å². The number of piperidine rings is 1. The van der Waals surface area contributed by atoms with Crippen LogP contribution in [0.1, 0.15) is 40.7 Å². The third-order valence-corrected chi connectivity index (χ3v) is 6.38. The summed E-state index contributed by atoms with van der Waals surface area (Å²) in [6.45, 7) is 2.92. The van der Waals surface area contributed by atoms with Crippen LogP contribution >= 0.6 is 0 Å². The molecule has 1 heterocycles. The maximum atomic E-state index is 12.5. The van der Waals surface area contributed by atoms with Gasteiger partial charge in [-0.15, -0.1) is 0 Å². The van der Waals surface area contributed by atoms with Gasteiger partial charge in [-0.1, -0.05) is 48.9 Å². The van der Waals surface area contributed by atoms with Gasteiger partial charge in [0.2, 0.25) is 0 Å². The van der Waals surface area contributed by atoms with E-state index in [2.05, 4.69) is 34.5 Å². The van der Waals surface area contributed by atoms with E-state index in [1.807, 2.05) is 18.2 Å². The fourth-order valence-electron chi connectivity index (χ4n) is 4.87. The van der Waals surface area contributed by atoms with Crippen LogP contribution in [0.3, 0.4) is 0 Å². The Kier molecular flexibility index (Phi) is 6.82. The van der Waals surface area contributed by atoms with Crippen molar-refractivity contribution in [1.29, 1.82) is 0 Å². The van der Waals surface area contributed by atoms with Crippen molar-refractivity contribution in [3.8, 4) is 0 Å². The van der Waals surface area contributed by atoms with Gasteiger partial charge in [-0.05, 0) is 42.2 Å². The molecular formula is C26H30N2O3. The molecule has 4 rings (SSSR count).